The summed E-state index contributed by atoms with van der Waals surface area (Å²) in [6.45, 7) is 4.31. The van der Waals surface area contributed by atoms with E-state index in [1.807, 2.05) is 0 Å². The monoisotopic (exact) mass is 382 g/mol. The predicted octanol–water partition coefficient (Wildman–Crippen LogP) is 6.07. The Morgan fingerprint density at radius 3 is 2.00 bits per heavy atom. The molecule has 3 aromatic rings. The van der Waals surface area contributed by atoms with E-state index in [4.69, 9.17) is 9.47 Å². The molecule has 1 fully saturated rings. The third-order valence-electron chi connectivity index (χ3n) is 6.74. The lowest BCUT2D eigenvalue weighted by atomic mass is 9.60. The number of rotatable bonds is 2. The van der Waals surface area contributed by atoms with Crippen molar-refractivity contribution in [1.82, 2.24) is 0 Å². The van der Waals surface area contributed by atoms with Crippen molar-refractivity contribution in [1.29, 1.82) is 0 Å². The minimum absolute atomic E-state index is 0.0143. The van der Waals surface area contributed by atoms with Gasteiger partial charge in [0.05, 0.1) is 11.8 Å². The molecule has 3 aliphatic carbocycles. The van der Waals surface area contributed by atoms with Gasteiger partial charge in [0.1, 0.15) is 0 Å². The van der Waals surface area contributed by atoms with Gasteiger partial charge in [-0.25, -0.2) is 4.79 Å². The summed E-state index contributed by atoms with van der Waals surface area (Å²) < 4.78 is 11.4. The molecule has 3 heteroatoms. The second-order valence-corrected chi connectivity index (χ2v) is 8.35. The normalized spacial score (nSPS) is 26.2. The van der Waals surface area contributed by atoms with Crippen LogP contribution in [0, 0.1) is 6.92 Å². The molecular weight excluding hydrogens is 360 g/mol. The van der Waals surface area contributed by atoms with Crippen molar-refractivity contribution in [3.05, 3.63) is 88.0 Å². The summed E-state index contributed by atoms with van der Waals surface area (Å²) in [6, 6.07) is 17.6. The zero-order valence-electron chi connectivity index (χ0n) is 16.5. The van der Waals surface area contributed by atoms with E-state index in [0.717, 1.165) is 6.42 Å². The van der Waals surface area contributed by atoms with Crippen LogP contribution in [-0.2, 0) is 9.47 Å². The maximum absolute atomic E-state index is 12.1. The molecular formula is C26H22O3. The first-order valence-electron chi connectivity index (χ1n) is 10.4. The summed E-state index contributed by atoms with van der Waals surface area (Å²) in [4.78, 5) is 12.1. The zero-order valence-corrected chi connectivity index (χ0v) is 16.5. The summed E-state index contributed by atoms with van der Waals surface area (Å²) in [7, 11) is 0. The van der Waals surface area contributed by atoms with Crippen LogP contribution in [0.15, 0.2) is 54.6 Å². The van der Waals surface area contributed by atoms with Gasteiger partial charge >= 0.3 is 6.16 Å². The molecule has 0 N–H and O–H groups in total. The van der Waals surface area contributed by atoms with Crippen molar-refractivity contribution in [3.63, 3.8) is 0 Å². The van der Waals surface area contributed by atoms with Crippen molar-refractivity contribution >= 4 is 23.0 Å². The van der Waals surface area contributed by atoms with E-state index < -0.39 is 6.16 Å². The van der Waals surface area contributed by atoms with Gasteiger partial charge in [-0.15, -0.1) is 0 Å². The van der Waals surface area contributed by atoms with Crippen molar-refractivity contribution in [3.8, 4) is 0 Å². The van der Waals surface area contributed by atoms with Crippen molar-refractivity contribution in [2.45, 2.75) is 44.3 Å². The molecule has 0 saturated carbocycles. The highest BCUT2D eigenvalue weighted by molar-refractivity contribution is 5.86. The van der Waals surface area contributed by atoms with E-state index in [0.29, 0.717) is 0 Å². The lowest BCUT2D eigenvalue weighted by Crippen LogP contribution is -2.45. The van der Waals surface area contributed by atoms with Gasteiger partial charge in [0.15, 0.2) is 12.2 Å². The van der Waals surface area contributed by atoms with Crippen LogP contribution < -0.4 is 0 Å². The van der Waals surface area contributed by atoms with Crippen molar-refractivity contribution in [2.24, 2.45) is 0 Å². The SMILES string of the molecule is CC/C=C\c1cc2c(cc1C)C1c3cc4ccccc4cc3C2C2OC(=O)OC12. The Hall–Kier alpha value is -3.07. The van der Waals surface area contributed by atoms with Crippen LogP contribution in [0.1, 0.15) is 58.6 Å². The summed E-state index contributed by atoms with van der Waals surface area (Å²) in [5.41, 5.74) is 7.60. The van der Waals surface area contributed by atoms with Gasteiger partial charge in [-0.1, -0.05) is 67.6 Å². The lowest BCUT2D eigenvalue weighted by molar-refractivity contribution is 0.103. The molecule has 0 radical (unpaired) electrons. The Bertz CT molecular complexity index is 1210. The number of aryl methyl sites for hydroxylation is 1. The average Bonchev–Trinajstić information content (AvgIpc) is 3.11. The molecule has 0 amide bonds. The number of hydrogen-bond acceptors (Lipinski definition) is 3. The van der Waals surface area contributed by atoms with Crippen LogP contribution in [0.4, 0.5) is 4.79 Å². The van der Waals surface area contributed by atoms with Crippen LogP contribution in [0.5, 0.6) is 0 Å². The van der Waals surface area contributed by atoms with Crippen molar-refractivity contribution in [2.75, 3.05) is 0 Å². The number of carbonyl (C=O) groups is 1. The highest BCUT2D eigenvalue weighted by atomic mass is 16.8. The van der Waals surface area contributed by atoms with Gasteiger partial charge in [0.2, 0.25) is 0 Å². The lowest BCUT2D eigenvalue weighted by Gasteiger charge is -2.45. The quantitative estimate of drug-likeness (QED) is 0.505. The van der Waals surface area contributed by atoms with Crippen molar-refractivity contribution < 1.29 is 14.3 Å². The Labute approximate surface area is 170 Å². The van der Waals surface area contributed by atoms with E-state index in [2.05, 4.69) is 74.5 Å². The summed E-state index contributed by atoms with van der Waals surface area (Å²) in [6.07, 6.45) is 4.37. The molecule has 1 heterocycles. The van der Waals surface area contributed by atoms with E-state index >= 15 is 0 Å². The Morgan fingerprint density at radius 2 is 1.41 bits per heavy atom. The smallest absolute Gasteiger partial charge is 0.426 e. The van der Waals surface area contributed by atoms with Gasteiger partial charge in [0.25, 0.3) is 0 Å². The number of allylic oxidation sites excluding steroid dienone is 1. The van der Waals surface area contributed by atoms with Crippen LogP contribution in [0.25, 0.3) is 16.8 Å². The number of benzene rings is 3. The van der Waals surface area contributed by atoms with E-state index in [-0.39, 0.29) is 24.0 Å². The number of ether oxygens (including phenoxy) is 2. The molecule has 1 saturated heterocycles. The van der Waals surface area contributed by atoms with Crippen LogP contribution in [0.3, 0.4) is 0 Å². The predicted molar refractivity (Wildman–Crippen MR) is 113 cm³/mol. The maximum atomic E-state index is 12.1. The fourth-order valence-electron chi connectivity index (χ4n) is 5.48. The van der Waals surface area contributed by atoms with E-state index in [1.54, 1.807) is 0 Å². The molecule has 144 valence electrons. The second-order valence-electron chi connectivity index (χ2n) is 8.35. The third-order valence-corrected chi connectivity index (χ3v) is 6.74. The van der Waals surface area contributed by atoms with Gasteiger partial charge in [-0.05, 0) is 57.5 Å². The Balaban J connectivity index is 1.63. The standard InChI is InChI=1S/C26H22O3/c1-3-4-7-15-11-19-18(10-14(15)2)22-20-12-16-8-5-6-9-17(16)13-21(20)23(19)25-24(22)28-26(27)29-25/h4-13,22-25H,3H2,1-2H3/b7-4-. The number of carbonyl (C=O) groups excluding carboxylic acids is 1. The molecule has 3 aromatic carbocycles. The Kier molecular flexibility index (Phi) is 3.46. The van der Waals surface area contributed by atoms with Crippen LogP contribution in [0.2, 0.25) is 0 Å². The average molecular weight is 382 g/mol. The van der Waals surface area contributed by atoms with Gasteiger partial charge in [-0.3, -0.25) is 0 Å². The maximum Gasteiger partial charge on any atom is 0.509 e. The molecule has 4 unspecified atom stereocenters. The third kappa shape index (κ3) is 2.27. The van der Waals surface area contributed by atoms with Gasteiger partial charge in [-0.2, -0.15) is 0 Å². The van der Waals surface area contributed by atoms with Crippen LogP contribution >= 0.6 is 0 Å². The minimum Gasteiger partial charge on any atom is -0.426 e. The first-order valence-corrected chi connectivity index (χ1v) is 10.4. The number of hydrogen-bond donors (Lipinski definition) is 0. The van der Waals surface area contributed by atoms with Crippen LogP contribution in [-0.4, -0.2) is 18.4 Å². The highest BCUT2D eigenvalue weighted by Crippen LogP contribution is 2.57. The molecule has 29 heavy (non-hydrogen) atoms. The Morgan fingerprint density at radius 1 is 0.862 bits per heavy atom. The molecule has 4 atom stereocenters. The van der Waals surface area contributed by atoms with Gasteiger partial charge in [0, 0.05) is 0 Å². The summed E-state index contributed by atoms with van der Waals surface area (Å²) in [5.74, 6) is 0.0365. The van der Waals surface area contributed by atoms with Gasteiger partial charge < -0.3 is 9.47 Å². The summed E-state index contributed by atoms with van der Waals surface area (Å²) in [5, 5.41) is 2.45. The minimum atomic E-state index is -0.539. The first-order chi connectivity index (χ1) is 14.2. The molecule has 4 aliphatic rings. The topological polar surface area (TPSA) is 35.5 Å². The number of fused-ring (bicyclic) bond motifs is 1. The van der Waals surface area contributed by atoms with E-state index in [1.165, 1.54) is 44.2 Å². The molecule has 2 bridgehead atoms. The molecule has 7 rings (SSSR count). The largest absolute Gasteiger partial charge is 0.509 e. The van der Waals surface area contributed by atoms with E-state index in [9.17, 15) is 4.79 Å². The zero-order chi connectivity index (χ0) is 19.7. The molecule has 0 spiro atoms. The highest BCUT2D eigenvalue weighted by Gasteiger charge is 2.57. The second kappa shape index (κ2) is 5.96. The molecule has 0 aromatic heterocycles. The molecule has 1 aliphatic heterocycles. The summed E-state index contributed by atoms with van der Waals surface area (Å²) >= 11 is 0. The molecule has 3 nitrogen and oxygen atoms in total. The fraction of sp³-hybridized carbons (Fsp3) is 0.269. The fourth-order valence-corrected chi connectivity index (χ4v) is 5.48. The first kappa shape index (κ1) is 16.8.